The number of aryl methyl sites for hydroxylation is 1. The van der Waals surface area contributed by atoms with Crippen molar-refractivity contribution in [1.29, 1.82) is 0 Å². The summed E-state index contributed by atoms with van der Waals surface area (Å²) in [6.07, 6.45) is 1.09. The van der Waals surface area contributed by atoms with E-state index in [4.69, 9.17) is 0 Å². The Kier molecular flexibility index (Phi) is 5.46. The maximum absolute atomic E-state index is 3.46. The minimum absolute atomic E-state index is 0. The largest absolute Gasteiger partial charge is 0.358 e. The van der Waals surface area contributed by atoms with E-state index >= 15 is 0 Å². The van der Waals surface area contributed by atoms with Crippen LogP contribution in [0.15, 0.2) is 24.3 Å². The van der Waals surface area contributed by atoms with E-state index in [2.05, 4.69) is 55.3 Å². The fourth-order valence-electron chi connectivity index (χ4n) is 2.14. The molecular weight excluding hydrogens is 323 g/mol. The number of H-pyrrole nitrogens is 1. The van der Waals surface area contributed by atoms with Gasteiger partial charge in [0.25, 0.3) is 0 Å². The molecule has 2 N–H and O–H groups in total. The summed E-state index contributed by atoms with van der Waals surface area (Å²) in [5.74, 6) is 0. The van der Waals surface area contributed by atoms with E-state index in [1.165, 1.54) is 22.2 Å². The van der Waals surface area contributed by atoms with Gasteiger partial charge in [-0.05, 0) is 31.5 Å². The predicted octanol–water partition coefficient (Wildman–Crippen LogP) is 3.63. The van der Waals surface area contributed by atoms with E-state index in [1.54, 1.807) is 0 Å². The van der Waals surface area contributed by atoms with Gasteiger partial charge in [0.15, 0.2) is 0 Å². The van der Waals surface area contributed by atoms with Crippen LogP contribution in [0.5, 0.6) is 0 Å². The van der Waals surface area contributed by atoms with Crippen LogP contribution in [0.1, 0.15) is 25.1 Å². The molecule has 2 nitrogen and oxygen atoms in total. The maximum Gasteiger partial charge on any atom is 0.0458 e. The maximum atomic E-state index is 3.46. The third kappa shape index (κ3) is 3.45. The number of rotatable bonds is 4. The van der Waals surface area contributed by atoms with Gasteiger partial charge in [0, 0.05) is 22.6 Å². The lowest BCUT2D eigenvalue weighted by atomic mass is 10.1. The Bertz CT molecular complexity index is 474. The SMILES string of the molecule is Cc1[nH]c2ccccc2c1CCNC(C)C.I. The molecule has 2 aromatic rings. The van der Waals surface area contributed by atoms with Crippen LogP contribution in [0, 0.1) is 6.92 Å². The van der Waals surface area contributed by atoms with Crippen LogP contribution >= 0.6 is 24.0 Å². The van der Waals surface area contributed by atoms with Crippen molar-refractivity contribution in [2.45, 2.75) is 33.2 Å². The second kappa shape index (κ2) is 6.40. The highest BCUT2D eigenvalue weighted by molar-refractivity contribution is 14.0. The Morgan fingerprint density at radius 2 is 1.94 bits per heavy atom. The number of benzene rings is 1. The van der Waals surface area contributed by atoms with Gasteiger partial charge in [0.2, 0.25) is 0 Å². The van der Waals surface area contributed by atoms with Crippen LogP contribution in [-0.4, -0.2) is 17.6 Å². The van der Waals surface area contributed by atoms with Crippen molar-refractivity contribution in [3.05, 3.63) is 35.5 Å². The highest BCUT2D eigenvalue weighted by Crippen LogP contribution is 2.21. The number of aromatic amines is 1. The quantitative estimate of drug-likeness (QED) is 0.815. The number of nitrogens with one attached hydrogen (secondary N) is 2. The molecule has 1 heterocycles. The molecule has 0 saturated carbocycles. The van der Waals surface area contributed by atoms with Crippen molar-refractivity contribution in [3.63, 3.8) is 0 Å². The highest BCUT2D eigenvalue weighted by Gasteiger charge is 2.07. The normalized spacial score (nSPS) is 10.8. The summed E-state index contributed by atoms with van der Waals surface area (Å²) in [6, 6.07) is 9.08. The molecule has 0 saturated heterocycles. The van der Waals surface area contributed by atoms with Crippen molar-refractivity contribution in [1.82, 2.24) is 10.3 Å². The van der Waals surface area contributed by atoms with Gasteiger partial charge in [-0.3, -0.25) is 0 Å². The van der Waals surface area contributed by atoms with Crippen molar-refractivity contribution in [2.75, 3.05) is 6.54 Å². The van der Waals surface area contributed by atoms with Gasteiger partial charge in [0.1, 0.15) is 0 Å². The smallest absolute Gasteiger partial charge is 0.0458 e. The first-order valence-corrected chi connectivity index (χ1v) is 5.98. The summed E-state index contributed by atoms with van der Waals surface area (Å²) in [5.41, 5.74) is 4.00. The first kappa shape index (κ1) is 14.5. The Morgan fingerprint density at radius 1 is 1.24 bits per heavy atom. The molecular formula is C14H21IN2. The zero-order valence-electron chi connectivity index (χ0n) is 10.7. The zero-order chi connectivity index (χ0) is 11.5. The number of hydrogen-bond acceptors (Lipinski definition) is 1. The Labute approximate surface area is 120 Å². The van der Waals surface area contributed by atoms with Gasteiger partial charge in [-0.1, -0.05) is 32.0 Å². The van der Waals surface area contributed by atoms with Crippen LogP contribution < -0.4 is 5.32 Å². The second-order valence-electron chi connectivity index (χ2n) is 4.63. The average Bonchev–Trinajstić information content (AvgIpc) is 2.55. The summed E-state index contributed by atoms with van der Waals surface area (Å²) in [7, 11) is 0. The molecule has 0 aliphatic carbocycles. The van der Waals surface area contributed by atoms with Crippen molar-refractivity contribution < 1.29 is 0 Å². The third-order valence-electron chi connectivity index (χ3n) is 2.95. The van der Waals surface area contributed by atoms with E-state index in [1.807, 2.05) is 0 Å². The molecule has 3 heteroatoms. The lowest BCUT2D eigenvalue weighted by Crippen LogP contribution is -2.25. The standard InChI is InChI=1S/C14H20N2.HI/c1-10(2)15-9-8-12-11(3)16-14-7-5-4-6-13(12)14;/h4-7,10,15-16H,8-9H2,1-3H3;1H. The van der Waals surface area contributed by atoms with Gasteiger partial charge in [0.05, 0.1) is 0 Å². The minimum Gasteiger partial charge on any atom is -0.358 e. The molecule has 0 atom stereocenters. The molecule has 0 amide bonds. The fourth-order valence-corrected chi connectivity index (χ4v) is 2.14. The van der Waals surface area contributed by atoms with Crippen LogP contribution in [0.3, 0.4) is 0 Å². The van der Waals surface area contributed by atoms with Crippen LogP contribution in [0.2, 0.25) is 0 Å². The van der Waals surface area contributed by atoms with Crippen molar-refractivity contribution in [2.24, 2.45) is 0 Å². The van der Waals surface area contributed by atoms with Gasteiger partial charge in [-0.15, -0.1) is 24.0 Å². The first-order valence-electron chi connectivity index (χ1n) is 5.98. The Hall–Kier alpha value is -0.550. The van der Waals surface area contributed by atoms with Gasteiger partial charge >= 0.3 is 0 Å². The number of aromatic nitrogens is 1. The van der Waals surface area contributed by atoms with Gasteiger partial charge in [-0.2, -0.15) is 0 Å². The molecule has 94 valence electrons. The summed E-state index contributed by atoms with van der Waals surface area (Å²) in [4.78, 5) is 3.44. The average molecular weight is 344 g/mol. The number of halogens is 1. The summed E-state index contributed by atoms with van der Waals surface area (Å²) >= 11 is 0. The lowest BCUT2D eigenvalue weighted by molar-refractivity contribution is 0.590. The fraction of sp³-hybridized carbons (Fsp3) is 0.429. The first-order chi connectivity index (χ1) is 7.68. The van der Waals surface area contributed by atoms with E-state index in [0.717, 1.165) is 13.0 Å². The molecule has 0 radical (unpaired) electrons. The van der Waals surface area contributed by atoms with Crippen LogP contribution in [0.25, 0.3) is 10.9 Å². The molecule has 17 heavy (non-hydrogen) atoms. The molecule has 0 aliphatic heterocycles. The van der Waals surface area contributed by atoms with Crippen molar-refractivity contribution >= 4 is 34.9 Å². The van der Waals surface area contributed by atoms with Crippen LogP contribution in [-0.2, 0) is 6.42 Å². The molecule has 1 aromatic carbocycles. The number of hydrogen-bond donors (Lipinski definition) is 2. The molecule has 0 aliphatic rings. The Morgan fingerprint density at radius 3 is 2.65 bits per heavy atom. The van der Waals surface area contributed by atoms with E-state index in [-0.39, 0.29) is 24.0 Å². The molecule has 2 rings (SSSR count). The molecule has 0 fully saturated rings. The topological polar surface area (TPSA) is 27.8 Å². The second-order valence-corrected chi connectivity index (χ2v) is 4.63. The summed E-state index contributed by atoms with van der Waals surface area (Å²) < 4.78 is 0. The highest BCUT2D eigenvalue weighted by atomic mass is 127. The lowest BCUT2D eigenvalue weighted by Gasteiger charge is -2.07. The molecule has 0 bridgehead atoms. The summed E-state index contributed by atoms with van der Waals surface area (Å²) in [5, 5.41) is 4.83. The molecule has 1 aromatic heterocycles. The third-order valence-corrected chi connectivity index (χ3v) is 2.95. The molecule has 0 spiro atoms. The minimum atomic E-state index is 0. The predicted molar refractivity (Wildman–Crippen MR) is 85.3 cm³/mol. The Balaban J connectivity index is 0.00000144. The van der Waals surface area contributed by atoms with E-state index in [9.17, 15) is 0 Å². The van der Waals surface area contributed by atoms with Gasteiger partial charge < -0.3 is 10.3 Å². The number of fused-ring (bicyclic) bond motifs is 1. The monoisotopic (exact) mass is 344 g/mol. The van der Waals surface area contributed by atoms with E-state index < -0.39 is 0 Å². The summed E-state index contributed by atoms with van der Waals surface area (Å²) in [6.45, 7) is 7.56. The number of para-hydroxylation sites is 1. The van der Waals surface area contributed by atoms with Gasteiger partial charge in [-0.25, -0.2) is 0 Å². The van der Waals surface area contributed by atoms with Crippen LogP contribution in [0.4, 0.5) is 0 Å². The van der Waals surface area contributed by atoms with Crippen molar-refractivity contribution in [3.8, 4) is 0 Å². The zero-order valence-corrected chi connectivity index (χ0v) is 13.0. The van der Waals surface area contributed by atoms with E-state index in [0.29, 0.717) is 6.04 Å². The molecule has 0 unspecified atom stereocenters.